The fraction of sp³-hybridized carbons (Fsp3) is 0.346. The van der Waals surface area contributed by atoms with Crippen LogP contribution >= 0.6 is 11.3 Å². The van der Waals surface area contributed by atoms with Gasteiger partial charge in [-0.3, -0.25) is 9.59 Å². The van der Waals surface area contributed by atoms with E-state index in [4.69, 9.17) is 9.40 Å². The number of benzene rings is 1. The van der Waals surface area contributed by atoms with Gasteiger partial charge < -0.3 is 14.6 Å². The van der Waals surface area contributed by atoms with Gasteiger partial charge in [0.25, 0.3) is 5.91 Å². The standard InChI is InChI=1S/C26H27N3O3S/c1-17-9-10-18-13-19-14-23(33-25(19)28-22(18)12-17)26(31)29(15-21-8-5-11-32-21)16-24(30)27-20-6-3-2-4-7-20/h5,8-14,20H,2-4,6-7,15-16H2,1H3,(H,27,30). The number of furan rings is 1. The van der Waals surface area contributed by atoms with Crippen molar-refractivity contribution in [2.75, 3.05) is 6.54 Å². The van der Waals surface area contributed by atoms with Crippen molar-refractivity contribution in [1.82, 2.24) is 15.2 Å². The molecule has 1 aliphatic carbocycles. The van der Waals surface area contributed by atoms with Crippen molar-refractivity contribution in [2.45, 2.75) is 51.6 Å². The lowest BCUT2D eigenvalue weighted by atomic mass is 9.95. The Balaban J connectivity index is 1.39. The molecule has 7 heteroatoms. The molecule has 3 aromatic heterocycles. The lowest BCUT2D eigenvalue weighted by Crippen LogP contribution is -2.44. The summed E-state index contributed by atoms with van der Waals surface area (Å²) in [7, 11) is 0. The van der Waals surface area contributed by atoms with Gasteiger partial charge in [-0.05, 0) is 55.7 Å². The van der Waals surface area contributed by atoms with E-state index in [1.165, 1.54) is 17.8 Å². The maximum Gasteiger partial charge on any atom is 0.264 e. The van der Waals surface area contributed by atoms with Crippen LogP contribution in [-0.4, -0.2) is 34.3 Å². The zero-order valence-corrected chi connectivity index (χ0v) is 19.5. The summed E-state index contributed by atoms with van der Waals surface area (Å²) in [6.45, 7) is 2.28. The first-order valence-corrected chi connectivity index (χ1v) is 12.3. The molecule has 1 fully saturated rings. The molecule has 0 saturated heterocycles. The summed E-state index contributed by atoms with van der Waals surface area (Å²) < 4.78 is 5.47. The van der Waals surface area contributed by atoms with Gasteiger partial charge in [0.1, 0.15) is 17.1 Å². The highest BCUT2D eigenvalue weighted by Gasteiger charge is 2.24. The second-order valence-electron chi connectivity index (χ2n) is 8.83. The molecule has 1 saturated carbocycles. The molecule has 1 aromatic carbocycles. The minimum Gasteiger partial charge on any atom is -0.467 e. The number of rotatable bonds is 6. The van der Waals surface area contributed by atoms with E-state index in [1.54, 1.807) is 17.2 Å². The number of nitrogens with one attached hydrogen (secondary N) is 1. The van der Waals surface area contributed by atoms with Crippen LogP contribution in [0.25, 0.3) is 21.1 Å². The monoisotopic (exact) mass is 461 g/mol. The summed E-state index contributed by atoms with van der Waals surface area (Å²) in [4.78, 5) is 34.0. The van der Waals surface area contributed by atoms with Gasteiger partial charge in [-0.15, -0.1) is 11.3 Å². The van der Waals surface area contributed by atoms with Crippen molar-refractivity contribution in [1.29, 1.82) is 0 Å². The Morgan fingerprint density at radius 3 is 2.76 bits per heavy atom. The van der Waals surface area contributed by atoms with Gasteiger partial charge >= 0.3 is 0 Å². The topological polar surface area (TPSA) is 75.4 Å². The largest absolute Gasteiger partial charge is 0.467 e. The van der Waals surface area contributed by atoms with Gasteiger partial charge in [-0.25, -0.2) is 4.98 Å². The normalized spacial score (nSPS) is 14.6. The molecule has 170 valence electrons. The van der Waals surface area contributed by atoms with E-state index >= 15 is 0 Å². The number of aromatic nitrogens is 1. The lowest BCUT2D eigenvalue weighted by molar-refractivity contribution is -0.122. The van der Waals surface area contributed by atoms with Crippen LogP contribution in [0.3, 0.4) is 0 Å². The number of aryl methyl sites for hydroxylation is 1. The second kappa shape index (κ2) is 9.35. The molecule has 2 amide bonds. The number of hydrogen-bond acceptors (Lipinski definition) is 5. The number of pyridine rings is 1. The molecule has 4 aromatic rings. The van der Waals surface area contributed by atoms with E-state index in [2.05, 4.69) is 29.6 Å². The zero-order valence-electron chi connectivity index (χ0n) is 18.7. The highest BCUT2D eigenvalue weighted by molar-refractivity contribution is 7.20. The Kier molecular flexibility index (Phi) is 6.13. The number of hydrogen-bond donors (Lipinski definition) is 1. The van der Waals surface area contributed by atoms with Crippen molar-refractivity contribution in [3.05, 3.63) is 64.9 Å². The summed E-state index contributed by atoms with van der Waals surface area (Å²) in [5, 5.41) is 5.10. The number of carbonyl (C=O) groups excluding carboxylic acids is 2. The Hall–Kier alpha value is -3.19. The SMILES string of the molecule is Cc1ccc2cc3cc(C(=O)N(CC(=O)NC4CCCCC4)Cc4ccco4)sc3nc2c1. The van der Waals surface area contributed by atoms with Crippen LogP contribution in [0, 0.1) is 6.92 Å². The van der Waals surface area contributed by atoms with E-state index < -0.39 is 0 Å². The molecule has 6 nitrogen and oxygen atoms in total. The molecule has 0 spiro atoms. The Labute approximate surface area is 196 Å². The van der Waals surface area contributed by atoms with Crippen LogP contribution < -0.4 is 5.32 Å². The Bertz CT molecular complexity index is 1290. The van der Waals surface area contributed by atoms with Gasteiger partial charge in [-0.2, -0.15) is 0 Å². The maximum absolute atomic E-state index is 13.5. The van der Waals surface area contributed by atoms with E-state index in [9.17, 15) is 9.59 Å². The van der Waals surface area contributed by atoms with Crippen LogP contribution in [0.15, 0.2) is 53.1 Å². The predicted octanol–water partition coefficient (Wildman–Crippen LogP) is 5.44. The summed E-state index contributed by atoms with van der Waals surface area (Å²) in [5.41, 5.74) is 2.07. The van der Waals surface area contributed by atoms with Crippen LogP contribution in [0.5, 0.6) is 0 Å². The number of amides is 2. The molecule has 1 aliphatic rings. The smallest absolute Gasteiger partial charge is 0.264 e. The Morgan fingerprint density at radius 2 is 1.97 bits per heavy atom. The van der Waals surface area contributed by atoms with E-state index in [1.807, 2.05) is 19.1 Å². The van der Waals surface area contributed by atoms with Gasteiger partial charge in [0, 0.05) is 16.8 Å². The highest BCUT2D eigenvalue weighted by Crippen LogP contribution is 2.29. The molecule has 1 N–H and O–H groups in total. The summed E-state index contributed by atoms with van der Waals surface area (Å²) in [5.74, 6) is 0.338. The average molecular weight is 462 g/mol. The minimum atomic E-state index is -0.187. The molecule has 0 atom stereocenters. The van der Waals surface area contributed by atoms with E-state index in [0.29, 0.717) is 10.6 Å². The molecule has 0 radical (unpaired) electrons. The highest BCUT2D eigenvalue weighted by atomic mass is 32.1. The van der Waals surface area contributed by atoms with Gasteiger partial charge in [-0.1, -0.05) is 31.4 Å². The van der Waals surface area contributed by atoms with Crippen LogP contribution in [0.2, 0.25) is 0 Å². The van der Waals surface area contributed by atoms with Crippen LogP contribution in [0.4, 0.5) is 0 Å². The number of carbonyl (C=O) groups is 2. The summed E-state index contributed by atoms with van der Waals surface area (Å²) >= 11 is 1.37. The first-order chi connectivity index (χ1) is 16.0. The first kappa shape index (κ1) is 21.6. The van der Waals surface area contributed by atoms with Crippen molar-refractivity contribution in [3.8, 4) is 0 Å². The number of nitrogens with zero attached hydrogens (tertiary/aromatic N) is 2. The lowest BCUT2D eigenvalue weighted by Gasteiger charge is -2.25. The third-order valence-corrected chi connectivity index (χ3v) is 7.22. The fourth-order valence-corrected chi connectivity index (χ4v) is 5.47. The summed E-state index contributed by atoms with van der Waals surface area (Å²) in [6.07, 6.45) is 7.10. The van der Waals surface area contributed by atoms with E-state index in [-0.39, 0.29) is 30.9 Å². The quantitative estimate of drug-likeness (QED) is 0.415. The Morgan fingerprint density at radius 1 is 1.12 bits per heavy atom. The van der Waals surface area contributed by atoms with E-state index in [0.717, 1.165) is 52.4 Å². The van der Waals surface area contributed by atoms with Crippen molar-refractivity contribution >= 4 is 44.3 Å². The van der Waals surface area contributed by atoms with Gasteiger partial charge in [0.15, 0.2) is 0 Å². The molecule has 0 bridgehead atoms. The van der Waals surface area contributed by atoms with Crippen molar-refractivity contribution in [3.63, 3.8) is 0 Å². The molecule has 33 heavy (non-hydrogen) atoms. The summed E-state index contributed by atoms with van der Waals surface area (Å²) in [6, 6.07) is 13.9. The first-order valence-electron chi connectivity index (χ1n) is 11.5. The zero-order chi connectivity index (χ0) is 22.8. The third-order valence-electron chi connectivity index (χ3n) is 6.19. The number of thiophene rings is 1. The van der Waals surface area contributed by atoms with Crippen LogP contribution in [-0.2, 0) is 11.3 Å². The van der Waals surface area contributed by atoms with Gasteiger partial charge in [0.05, 0.1) is 23.2 Å². The van der Waals surface area contributed by atoms with Crippen LogP contribution in [0.1, 0.15) is 53.1 Å². The minimum absolute atomic E-state index is 0.00111. The number of fused-ring (bicyclic) bond motifs is 2. The fourth-order valence-electron chi connectivity index (χ4n) is 4.48. The molecule has 5 rings (SSSR count). The van der Waals surface area contributed by atoms with Crippen molar-refractivity contribution < 1.29 is 14.0 Å². The van der Waals surface area contributed by atoms with Crippen molar-refractivity contribution in [2.24, 2.45) is 0 Å². The molecular formula is C26H27N3O3S. The molecular weight excluding hydrogens is 434 g/mol. The third kappa shape index (κ3) is 4.93. The molecule has 0 aliphatic heterocycles. The molecule has 0 unspecified atom stereocenters. The average Bonchev–Trinajstić information content (AvgIpc) is 3.46. The van der Waals surface area contributed by atoms with Gasteiger partial charge in [0.2, 0.25) is 5.91 Å². The predicted molar refractivity (Wildman–Crippen MR) is 130 cm³/mol. The molecule has 3 heterocycles. The second-order valence-corrected chi connectivity index (χ2v) is 9.86. The maximum atomic E-state index is 13.5.